The van der Waals surface area contributed by atoms with Crippen LogP contribution in [-0.4, -0.2) is 23.2 Å². The minimum Gasteiger partial charge on any atom is -0.388 e. The lowest BCUT2D eigenvalue weighted by Gasteiger charge is -2.45. The van der Waals surface area contributed by atoms with Crippen LogP contribution in [0.2, 0.25) is 5.02 Å². The molecular weight excluding hydrogens is 286 g/mol. The fourth-order valence-corrected chi connectivity index (χ4v) is 3.43. The predicted octanol–water partition coefficient (Wildman–Crippen LogP) is 2.96. The molecule has 1 aliphatic carbocycles. The Morgan fingerprint density at radius 1 is 1.33 bits per heavy atom. The number of benzene rings is 1. The zero-order chi connectivity index (χ0) is 14.9. The zero-order valence-electron chi connectivity index (χ0n) is 11.9. The first-order valence-corrected chi connectivity index (χ1v) is 7.90. The van der Waals surface area contributed by atoms with Gasteiger partial charge in [0.25, 0.3) is 0 Å². The van der Waals surface area contributed by atoms with Gasteiger partial charge in [0.1, 0.15) is 0 Å². The first-order chi connectivity index (χ1) is 10.1. The molecule has 1 aliphatic heterocycles. The smallest absolute Gasteiger partial charge is 0.220 e. The maximum atomic E-state index is 11.2. The molecule has 112 valence electrons. The fraction of sp³-hybridized carbons (Fsp3) is 0.471. The van der Waals surface area contributed by atoms with Gasteiger partial charge in [0.05, 0.1) is 6.10 Å². The van der Waals surface area contributed by atoms with Crippen molar-refractivity contribution in [3.8, 4) is 0 Å². The summed E-state index contributed by atoms with van der Waals surface area (Å²) in [6, 6.07) is 7.84. The number of nitrogens with one attached hydrogen (secondary N) is 1. The number of hydrogen-bond acceptors (Lipinski definition) is 2. The Kier molecular flexibility index (Phi) is 4.05. The van der Waals surface area contributed by atoms with E-state index in [1.165, 1.54) is 0 Å². The average Bonchev–Trinajstić information content (AvgIpc) is 2.83. The number of aliphatic hydroxyl groups is 1. The van der Waals surface area contributed by atoms with Crippen molar-refractivity contribution in [1.82, 2.24) is 5.32 Å². The molecule has 3 nitrogen and oxygen atoms in total. The molecule has 0 aromatic heterocycles. The quantitative estimate of drug-likeness (QED) is 0.840. The molecule has 3 rings (SSSR count). The molecule has 1 aromatic rings. The first-order valence-electron chi connectivity index (χ1n) is 7.52. The summed E-state index contributed by atoms with van der Waals surface area (Å²) in [6.07, 6.45) is 7.76. The summed E-state index contributed by atoms with van der Waals surface area (Å²) in [4.78, 5) is 11.2. The highest BCUT2D eigenvalue weighted by Gasteiger charge is 2.43. The summed E-state index contributed by atoms with van der Waals surface area (Å²) in [5, 5.41) is 14.2. The molecule has 21 heavy (non-hydrogen) atoms. The van der Waals surface area contributed by atoms with Crippen LogP contribution in [-0.2, 0) is 10.2 Å². The van der Waals surface area contributed by atoms with E-state index in [4.69, 9.17) is 11.6 Å². The minimum absolute atomic E-state index is 0.0643. The van der Waals surface area contributed by atoms with Gasteiger partial charge in [0.15, 0.2) is 0 Å². The number of hydrogen-bond donors (Lipinski definition) is 2. The molecule has 4 heteroatoms. The number of amides is 1. The van der Waals surface area contributed by atoms with E-state index in [0.29, 0.717) is 11.4 Å². The molecular formula is C17H20ClNO2. The molecule has 2 unspecified atom stereocenters. The van der Waals surface area contributed by atoms with Gasteiger partial charge in [0, 0.05) is 22.9 Å². The average molecular weight is 306 g/mol. The van der Waals surface area contributed by atoms with Crippen molar-refractivity contribution in [1.29, 1.82) is 0 Å². The van der Waals surface area contributed by atoms with E-state index >= 15 is 0 Å². The second kappa shape index (κ2) is 5.82. The monoisotopic (exact) mass is 305 g/mol. The van der Waals surface area contributed by atoms with Crippen LogP contribution in [0.3, 0.4) is 0 Å². The number of aliphatic hydroxyl groups excluding tert-OH is 1. The van der Waals surface area contributed by atoms with E-state index in [1.807, 2.05) is 36.4 Å². The van der Waals surface area contributed by atoms with E-state index in [1.54, 1.807) is 0 Å². The minimum atomic E-state index is -0.523. The standard InChI is InChI=1S/C17H20ClNO2/c18-13-4-2-12(3-5-13)17(10-1-11-17)15(20)8-6-14-7-9-16(21)19-14/h2-6,8,14-15,20H,1,7,9-11H2,(H,19,21)/b8-6+. The van der Waals surface area contributed by atoms with Crippen LogP contribution in [0.5, 0.6) is 0 Å². The molecule has 1 saturated carbocycles. The molecule has 0 radical (unpaired) electrons. The maximum absolute atomic E-state index is 11.2. The van der Waals surface area contributed by atoms with Gasteiger partial charge in [-0.15, -0.1) is 0 Å². The Morgan fingerprint density at radius 2 is 2.05 bits per heavy atom. The van der Waals surface area contributed by atoms with Crippen LogP contribution < -0.4 is 5.32 Å². The van der Waals surface area contributed by atoms with Gasteiger partial charge in [-0.1, -0.05) is 42.3 Å². The van der Waals surface area contributed by atoms with Crippen molar-refractivity contribution < 1.29 is 9.90 Å². The van der Waals surface area contributed by atoms with Crippen molar-refractivity contribution in [2.45, 2.75) is 49.7 Å². The van der Waals surface area contributed by atoms with Crippen molar-refractivity contribution in [2.75, 3.05) is 0 Å². The molecule has 2 fully saturated rings. The molecule has 0 bridgehead atoms. The largest absolute Gasteiger partial charge is 0.388 e. The fourth-order valence-electron chi connectivity index (χ4n) is 3.30. The van der Waals surface area contributed by atoms with E-state index in [9.17, 15) is 9.90 Å². The second-order valence-electron chi connectivity index (χ2n) is 6.06. The summed E-state index contributed by atoms with van der Waals surface area (Å²) in [7, 11) is 0. The Bertz CT molecular complexity index is 548. The maximum Gasteiger partial charge on any atom is 0.220 e. The number of halogens is 1. The van der Waals surface area contributed by atoms with Gasteiger partial charge in [-0.2, -0.15) is 0 Å². The lowest BCUT2D eigenvalue weighted by Crippen LogP contribution is -2.44. The SMILES string of the molecule is O=C1CCC(/C=C/C(O)C2(c3ccc(Cl)cc3)CCC2)N1. The van der Waals surface area contributed by atoms with Crippen LogP contribution in [0.1, 0.15) is 37.7 Å². The van der Waals surface area contributed by atoms with E-state index in [2.05, 4.69) is 5.32 Å². The summed E-state index contributed by atoms with van der Waals surface area (Å²) < 4.78 is 0. The Morgan fingerprint density at radius 3 is 2.57 bits per heavy atom. The number of carbonyl (C=O) groups is 1. The first kappa shape index (κ1) is 14.6. The van der Waals surface area contributed by atoms with Crippen molar-refractivity contribution in [3.05, 3.63) is 47.0 Å². The van der Waals surface area contributed by atoms with Crippen LogP contribution in [0.15, 0.2) is 36.4 Å². The molecule has 1 amide bonds. The molecule has 1 aromatic carbocycles. The van der Waals surface area contributed by atoms with Crippen LogP contribution >= 0.6 is 11.6 Å². The Labute approximate surface area is 130 Å². The van der Waals surface area contributed by atoms with Gasteiger partial charge in [0.2, 0.25) is 5.91 Å². The molecule has 1 saturated heterocycles. The van der Waals surface area contributed by atoms with Gasteiger partial charge in [-0.25, -0.2) is 0 Å². The zero-order valence-corrected chi connectivity index (χ0v) is 12.6. The predicted molar refractivity (Wildman–Crippen MR) is 83.3 cm³/mol. The van der Waals surface area contributed by atoms with E-state index < -0.39 is 6.10 Å². The van der Waals surface area contributed by atoms with Gasteiger partial charge in [-0.05, 0) is 37.0 Å². The Hall–Kier alpha value is -1.32. The van der Waals surface area contributed by atoms with E-state index in [0.717, 1.165) is 31.2 Å². The lowest BCUT2D eigenvalue weighted by atomic mass is 9.61. The second-order valence-corrected chi connectivity index (χ2v) is 6.50. The molecule has 2 N–H and O–H groups in total. The number of carbonyl (C=O) groups excluding carboxylic acids is 1. The number of rotatable bonds is 4. The molecule has 1 heterocycles. The van der Waals surface area contributed by atoms with Gasteiger partial charge >= 0.3 is 0 Å². The molecule has 2 aliphatic rings. The van der Waals surface area contributed by atoms with Crippen LogP contribution in [0.4, 0.5) is 0 Å². The lowest BCUT2D eigenvalue weighted by molar-refractivity contribution is -0.119. The van der Waals surface area contributed by atoms with Crippen LogP contribution in [0.25, 0.3) is 0 Å². The molecule has 0 spiro atoms. The van der Waals surface area contributed by atoms with E-state index in [-0.39, 0.29) is 17.4 Å². The topological polar surface area (TPSA) is 49.3 Å². The highest BCUT2D eigenvalue weighted by Crippen LogP contribution is 2.47. The van der Waals surface area contributed by atoms with Crippen molar-refractivity contribution in [3.63, 3.8) is 0 Å². The summed E-state index contributed by atoms with van der Waals surface area (Å²) in [5.41, 5.74) is 0.953. The third-order valence-electron chi connectivity index (χ3n) is 4.79. The third-order valence-corrected chi connectivity index (χ3v) is 5.04. The summed E-state index contributed by atoms with van der Waals surface area (Å²) in [6.45, 7) is 0. The summed E-state index contributed by atoms with van der Waals surface area (Å²) in [5.74, 6) is 0.0928. The van der Waals surface area contributed by atoms with Crippen LogP contribution in [0, 0.1) is 0 Å². The summed E-state index contributed by atoms with van der Waals surface area (Å²) >= 11 is 5.95. The van der Waals surface area contributed by atoms with Crippen molar-refractivity contribution >= 4 is 17.5 Å². The van der Waals surface area contributed by atoms with Crippen molar-refractivity contribution in [2.24, 2.45) is 0 Å². The highest BCUT2D eigenvalue weighted by atomic mass is 35.5. The van der Waals surface area contributed by atoms with Gasteiger partial charge in [-0.3, -0.25) is 4.79 Å². The highest BCUT2D eigenvalue weighted by molar-refractivity contribution is 6.30. The third kappa shape index (κ3) is 2.85. The van der Waals surface area contributed by atoms with Gasteiger partial charge < -0.3 is 10.4 Å². The molecule has 2 atom stereocenters. The normalized spacial score (nSPS) is 25.6. The Balaban J connectivity index is 1.74.